The smallest absolute Gasteiger partial charge is 0.252 e. The Morgan fingerprint density at radius 3 is 2.74 bits per heavy atom. The highest BCUT2D eigenvalue weighted by molar-refractivity contribution is 5.36. The average Bonchev–Trinajstić information content (AvgIpc) is 2.66. The molecule has 6 heteroatoms. The molecule has 0 radical (unpaired) electrons. The first kappa shape index (κ1) is 13.3. The second-order valence-electron chi connectivity index (χ2n) is 4.83. The third-order valence-corrected chi connectivity index (χ3v) is 2.93. The van der Waals surface area contributed by atoms with Crippen molar-refractivity contribution in [3.8, 4) is 0 Å². The summed E-state index contributed by atoms with van der Waals surface area (Å²) in [7, 11) is 0. The highest BCUT2D eigenvalue weighted by Crippen LogP contribution is 2.14. The van der Waals surface area contributed by atoms with Gasteiger partial charge in [-0.05, 0) is 13.8 Å². The number of H-pyrrole nitrogens is 1. The lowest BCUT2D eigenvalue weighted by Gasteiger charge is -2.08. The quantitative estimate of drug-likeness (QED) is 0.881. The van der Waals surface area contributed by atoms with Gasteiger partial charge in [0.25, 0.3) is 5.56 Å². The minimum Gasteiger partial charge on any atom is -0.366 e. The fraction of sp³-hybridized carbons (Fsp3) is 0.462. The Bertz CT molecular complexity index is 608. The average molecular weight is 262 g/mol. The number of anilines is 1. The SMILES string of the molecule is Cc1noc(C)c1CNc1cc(=O)[nH]c(C(C)C)n1. The lowest BCUT2D eigenvalue weighted by Crippen LogP contribution is -2.14. The van der Waals surface area contributed by atoms with Crippen molar-refractivity contribution in [3.05, 3.63) is 39.3 Å². The number of aryl methyl sites for hydroxylation is 2. The summed E-state index contributed by atoms with van der Waals surface area (Å²) < 4.78 is 5.09. The van der Waals surface area contributed by atoms with Gasteiger partial charge in [-0.25, -0.2) is 4.98 Å². The van der Waals surface area contributed by atoms with E-state index in [0.29, 0.717) is 18.2 Å². The van der Waals surface area contributed by atoms with Crippen molar-refractivity contribution in [2.24, 2.45) is 0 Å². The molecule has 0 saturated heterocycles. The van der Waals surface area contributed by atoms with Gasteiger partial charge in [0, 0.05) is 24.1 Å². The Morgan fingerprint density at radius 1 is 1.42 bits per heavy atom. The Morgan fingerprint density at radius 2 is 2.16 bits per heavy atom. The van der Waals surface area contributed by atoms with Crippen LogP contribution in [0.1, 0.15) is 42.6 Å². The Hall–Kier alpha value is -2.11. The summed E-state index contributed by atoms with van der Waals surface area (Å²) in [6.07, 6.45) is 0. The molecule has 0 aliphatic heterocycles. The third-order valence-electron chi connectivity index (χ3n) is 2.93. The van der Waals surface area contributed by atoms with Gasteiger partial charge in [0.15, 0.2) is 0 Å². The highest BCUT2D eigenvalue weighted by Gasteiger charge is 2.10. The molecule has 0 aliphatic rings. The van der Waals surface area contributed by atoms with Gasteiger partial charge in [0.2, 0.25) is 0 Å². The van der Waals surface area contributed by atoms with Crippen molar-refractivity contribution in [3.63, 3.8) is 0 Å². The number of nitrogens with one attached hydrogen (secondary N) is 2. The van der Waals surface area contributed by atoms with Crippen molar-refractivity contribution in [2.75, 3.05) is 5.32 Å². The van der Waals surface area contributed by atoms with Crippen LogP contribution in [0, 0.1) is 13.8 Å². The summed E-state index contributed by atoms with van der Waals surface area (Å²) in [5.74, 6) is 2.19. The predicted octanol–water partition coefficient (Wildman–Crippen LogP) is 2.11. The van der Waals surface area contributed by atoms with Crippen molar-refractivity contribution < 1.29 is 4.52 Å². The van der Waals surface area contributed by atoms with Gasteiger partial charge in [-0.1, -0.05) is 19.0 Å². The van der Waals surface area contributed by atoms with E-state index in [-0.39, 0.29) is 11.5 Å². The third kappa shape index (κ3) is 3.01. The van der Waals surface area contributed by atoms with Crippen LogP contribution in [0.4, 0.5) is 5.82 Å². The van der Waals surface area contributed by atoms with E-state index >= 15 is 0 Å². The Labute approximate surface area is 111 Å². The minimum absolute atomic E-state index is 0.153. The highest BCUT2D eigenvalue weighted by atomic mass is 16.5. The number of nitrogens with zero attached hydrogens (tertiary/aromatic N) is 2. The molecule has 0 unspecified atom stereocenters. The molecule has 2 aromatic heterocycles. The van der Waals surface area contributed by atoms with Crippen molar-refractivity contribution in [2.45, 2.75) is 40.2 Å². The fourth-order valence-corrected chi connectivity index (χ4v) is 1.77. The van der Waals surface area contributed by atoms with Crippen molar-refractivity contribution in [1.82, 2.24) is 15.1 Å². The number of hydrogen-bond donors (Lipinski definition) is 2. The molecular formula is C13H18N4O2. The van der Waals surface area contributed by atoms with Gasteiger partial charge in [0.1, 0.15) is 17.4 Å². The van der Waals surface area contributed by atoms with Crippen LogP contribution in [0.2, 0.25) is 0 Å². The number of rotatable bonds is 4. The maximum absolute atomic E-state index is 11.5. The summed E-state index contributed by atoms with van der Waals surface area (Å²) in [5, 5.41) is 7.02. The number of hydrogen-bond acceptors (Lipinski definition) is 5. The van der Waals surface area contributed by atoms with Gasteiger partial charge in [0.05, 0.1) is 5.69 Å². The van der Waals surface area contributed by atoms with Crippen molar-refractivity contribution >= 4 is 5.82 Å². The van der Waals surface area contributed by atoms with Crippen LogP contribution in [0.25, 0.3) is 0 Å². The van der Waals surface area contributed by atoms with Gasteiger partial charge >= 0.3 is 0 Å². The fourth-order valence-electron chi connectivity index (χ4n) is 1.77. The van der Waals surface area contributed by atoms with E-state index < -0.39 is 0 Å². The van der Waals surface area contributed by atoms with Crippen LogP contribution in [-0.4, -0.2) is 15.1 Å². The standard InChI is InChI=1S/C13H18N4O2/c1-7(2)13-15-11(5-12(18)16-13)14-6-10-8(3)17-19-9(10)4/h5,7H,6H2,1-4H3,(H2,14,15,16,18). The minimum atomic E-state index is -0.153. The zero-order chi connectivity index (χ0) is 14.0. The molecule has 0 bridgehead atoms. The van der Waals surface area contributed by atoms with E-state index in [9.17, 15) is 4.79 Å². The molecule has 2 aromatic rings. The lowest BCUT2D eigenvalue weighted by molar-refractivity contribution is 0.392. The van der Waals surface area contributed by atoms with Gasteiger partial charge in [-0.3, -0.25) is 4.79 Å². The van der Waals surface area contributed by atoms with E-state index in [2.05, 4.69) is 20.4 Å². The maximum Gasteiger partial charge on any atom is 0.252 e. The van der Waals surface area contributed by atoms with Crippen LogP contribution in [0.3, 0.4) is 0 Å². The Kier molecular flexibility index (Phi) is 3.69. The largest absolute Gasteiger partial charge is 0.366 e. The second-order valence-corrected chi connectivity index (χ2v) is 4.83. The zero-order valence-corrected chi connectivity index (χ0v) is 11.6. The van der Waals surface area contributed by atoms with Gasteiger partial charge < -0.3 is 14.8 Å². The normalized spacial score (nSPS) is 11.0. The van der Waals surface area contributed by atoms with Crippen LogP contribution >= 0.6 is 0 Å². The topological polar surface area (TPSA) is 83.8 Å². The first-order chi connectivity index (χ1) is 8.97. The number of aromatic nitrogens is 3. The molecule has 0 spiro atoms. The molecule has 0 saturated carbocycles. The van der Waals surface area contributed by atoms with E-state index in [1.165, 1.54) is 6.07 Å². The lowest BCUT2D eigenvalue weighted by atomic mass is 10.2. The van der Waals surface area contributed by atoms with Crippen LogP contribution in [0.15, 0.2) is 15.4 Å². The second kappa shape index (κ2) is 5.26. The van der Waals surface area contributed by atoms with Gasteiger partial charge in [-0.2, -0.15) is 0 Å². The molecule has 2 heterocycles. The summed E-state index contributed by atoms with van der Waals surface area (Å²) in [4.78, 5) is 18.6. The molecule has 6 nitrogen and oxygen atoms in total. The van der Waals surface area contributed by atoms with E-state index in [1.807, 2.05) is 27.7 Å². The molecule has 2 rings (SSSR count). The molecule has 0 amide bonds. The molecule has 0 aromatic carbocycles. The number of aromatic amines is 1. The first-order valence-electron chi connectivity index (χ1n) is 6.24. The van der Waals surface area contributed by atoms with Crippen LogP contribution in [-0.2, 0) is 6.54 Å². The molecule has 102 valence electrons. The first-order valence-corrected chi connectivity index (χ1v) is 6.24. The molecule has 19 heavy (non-hydrogen) atoms. The monoisotopic (exact) mass is 262 g/mol. The van der Waals surface area contributed by atoms with Crippen LogP contribution < -0.4 is 10.9 Å². The van der Waals surface area contributed by atoms with Crippen LogP contribution in [0.5, 0.6) is 0 Å². The maximum atomic E-state index is 11.5. The molecule has 0 atom stereocenters. The Balaban J connectivity index is 2.18. The van der Waals surface area contributed by atoms with E-state index in [4.69, 9.17) is 4.52 Å². The molecule has 2 N–H and O–H groups in total. The summed E-state index contributed by atoms with van der Waals surface area (Å²) in [6, 6.07) is 1.45. The zero-order valence-electron chi connectivity index (χ0n) is 11.6. The molecule has 0 fully saturated rings. The summed E-state index contributed by atoms with van der Waals surface area (Å²) in [6.45, 7) is 8.25. The predicted molar refractivity (Wildman–Crippen MR) is 72.3 cm³/mol. The molecule has 0 aliphatic carbocycles. The molecular weight excluding hydrogens is 244 g/mol. The summed E-state index contributed by atoms with van der Waals surface area (Å²) in [5.41, 5.74) is 1.69. The van der Waals surface area contributed by atoms with Crippen molar-refractivity contribution in [1.29, 1.82) is 0 Å². The summed E-state index contributed by atoms with van der Waals surface area (Å²) >= 11 is 0. The van der Waals surface area contributed by atoms with E-state index in [1.54, 1.807) is 0 Å². The van der Waals surface area contributed by atoms with Gasteiger partial charge in [-0.15, -0.1) is 0 Å². The van der Waals surface area contributed by atoms with E-state index in [0.717, 1.165) is 17.0 Å².